The minimum absolute atomic E-state index is 0.711. The number of ether oxygens (including phenoxy) is 1. The number of benzene rings is 1. The Balaban J connectivity index is 2.68. The van der Waals surface area contributed by atoms with Gasteiger partial charge in [0.1, 0.15) is 5.75 Å². The monoisotopic (exact) mass is 179 g/mol. The minimum atomic E-state index is 0.711. The molecule has 0 heterocycles. The molecule has 0 unspecified atom stereocenters. The average Bonchev–Trinajstić information content (AvgIpc) is 2.15. The molecule has 63 valence electrons. The van der Waals surface area contributed by atoms with Gasteiger partial charge >= 0.3 is 10.5 Å². The van der Waals surface area contributed by atoms with Gasteiger partial charge in [-0.15, -0.1) is 0 Å². The van der Waals surface area contributed by atoms with E-state index in [1.54, 1.807) is 0 Å². The summed E-state index contributed by atoms with van der Waals surface area (Å²) >= 11 is 0. The van der Waals surface area contributed by atoms with Gasteiger partial charge in [-0.1, -0.05) is 19.1 Å². The average molecular weight is 179 g/mol. The number of para-hydroxylation sites is 2. The highest BCUT2D eigenvalue weighted by molar-refractivity contribution is 6.00. The van der Waals surface area contributed by atoms with E-state index in [0.717, 1.165) is 12.2 Å². The fraction of sp³-hybridized carbons (Fsp3) is 0.333. The van der Waals surface area contributed by atoms with Gasteiger partial charge in [0.05, 0.1) is 6.61 Å². The van der Waals surface area contributed by atoms with Gasteiger partial charge < -0.3 is 9.16 Å². The zero-order valence-electron chi connectivity index (χ0n) is 7.04. The van der Waals surface area contributed by atoms with Crippen LogP contribution in [0.25, 0.3) is 0 Å². The van der Waals surface area contributed by atoms with Crippen LogP contribution < -0.4 is 9.16 Å². The molecule has 0 saturated carbocycles. The van der Waals surface area contributed by atoms with Crippen molar-refractivity contribution < 1.29 is 9.16 Å². The molecule has 0 saturated heterocycles. The van der Waals surface area contributed by atoms with Crippen molar-refractivity contribution in [2.45, 2.75) is 13.3 Å². The van der Waals surface area contributed by atoms with Crippen molar-refractivity contribution in [3.05, 3.63) is 24.3 Å². The standard InChI is InChI=1S/C9H11O2Si/c1-2-7-10-8-5-3-4-6-9(8)11-12/h3-6H,2,7H2,1H3. The van der Waals surface area contributed by atoms with E-state index in [-0.39, 0.29) is 0 Å². The summed E-state index contributed by atoms with van der Waals surface area (Å²) in [5, 5.41) is 0. The molecule has 0 aliphatic carbocycles. The van der Waals surface area contributed by atoms with Gasteiger partial charge in [-0.05, 0) is 18.6 Å². The van der Waals surface area contributed by atoms with Crippen molar-refractivity contribution in [2.75, 3.05) is 6.61 Å². The van der Waals surface area contributed by atoms with E-state index in [2.05, 4.69) is 17.4 Å². The quantitative estimate of drug-likeness (QED) is 0.658. The SMILES string of the molecule is CCCOc1ccccc1O[Si]. The largest absolute Gasteiger partial charge is 0.538 e. The van der Waals surface area contributed by atoms with Crippen LogP contribution in [0, 0.1) is 0 Å². The van der Waals surface area contributed by atoms with Gasteiger partial charge in [-0.3, -0.25) is 0 Å². The van der Waals surface area contributed by atoms with Crippen LogP contribution in [0.15, 0.2) is 24.3 Å². The molecule has 1 rings (SSSR count). The summed E-state index contributed by atoms with van der Waals surface area (Å²) in [6, 6.07) is 7.54. The molecule has 0 fully saturated rings. The van der Waals surface area contributed by atoms with Crippen LogP contribution in [0.4, 0.5) is 0 Å². The summed E-state index contributed by atoms with van der Waals surface area (Å²) in [7, 11) is 2.97. The molecule has 0 bridgehead atoms. The molecular weight excluding hydrogens is 168 g/mol. The lowest BCUT2D eigenvalue weighted by molar-refractivity contribution is 0.308. The van der Waals surface area contributed by atoms with Crippen LogP contribution in [0.3, 0.4) is 0 Å². The van der Waals surface area contributed by atoms with E-state index >= 15 is 0 Å². The predicted molar refractivity (Wildman–Crippen MR) is 48.6 cm³/mol. The van der Waals surface area contributed by atoms with Crippen molar-refractivity contribution in [3.63, 3.8) is 0 Å². The van der Waals surface area contributed by atoms with E-state index < -0.39 is 0 Å². The zero-order valence-corrected chi connectivity index (χ0v) is 8.04. The molecular formula is C9H11O2Si. The molecule has 12 heavy (non-hydrogen) atoms. The second-order valence-corrected chi connectivity index (χ2v) is 2.60. The molecule has 0 spiro atoms. The maximum atomic E-state index is 5.42. The molecule has 3 heteroatoms. The third-order valence-electron chi connectivity index (χ3n) is 1.42. The second-order valence-electron chi connectivity index (χ2n) is 2.40. The van der Waals surface area contributed by atoms with Gasteiger partial charge in [0.15, 0.2) is 5.75 Å². The Bertz CT molecular complexity index is 238. The lowest BCUT2D eigenvalue weighted by atomic mass is 10.3. The number of hydrogen-bond acceptors (Lipinski definition) is 2. The van der Waals surface area contributed by atoms with Gasteiger partial charge in [0, 0.05) is 0 Å². The van der Waals surface area contributed by atoms with E-state index in [1.807, 2.05) is 24.3 Å². The first-order valence-corrected chi connectivity index (χ1v) is 4.34. The molecule has 0 aliphatic rings. The van der Waals surface area contributed by atoms with Crippen LogP contribution in [-0.2, 0) is 0 Å². The van der Waals surface area contributed by atoms with Crippen molar-refractivity contribution in [2.24, 2.45) is 0 Å². The second kappa shape index (κ2) is 4.82. The molecule has 0 atom stereocenters. The van der Waals surface area contributed by atoms with Crippen LogP contribution in [0.1, 0.15) is 13.3 Å². The normalized spacial score (nSPS) is 9.50. The first-order valence-electron chi connectivity index (χ1n) is 3.94. The Morgan fingerprint density at radius 3 is 2.50 bits per heavy atom. The van der Waals surface area contributed by atoms with Crippen molar-refractivity contribution >= 4 is 10.5 Å². The van der Waals surface area contributed by atoms with Gasteiger partial charge in [0.25, 0.3) is 0 Å². The van der Waals surface area contributed by atoms with Gasteiger partial charge in [-0.25, -0.2) is 0 Å². The van der Waals surface area contributed by atoms with Crippen molar-refractivity contribution in [3.8, 4) is 11.5 Å². The maximum absolute atomic E-state index is 5.42. The third-order valence-corrected chi connectivity index (χ3v) is 1.64. The molecule has 2 nitrogen and oxygen atoms in total. The van der Waals surface area contributed by atoms with Gasteiger partial charge in [-0.2, -0.15) is 0 Å². The Kier molecular flexibility index (Phi) is 3.67. The molecule has 0 N–H and O–H groups in total. The highest BCUT2D eigenvalue weighted by atomic mass is 28.2. The Morgan fingerprint density at radius 1 is 1.25 bits per heavy atom. The summed E-state index contributed by atoms with van der Waals surface area (Å²) in [6.07, 6.45) is 0.996. The summed E-state index contributed by atoms with van der Waals surface area (Å²) in [5.41, 5.74) is 0. The Labute approximate surface area is 76.0 Å². The molecule has 1 aromatic rings. The predicted octanol–water partition coefficient (Wildman–Crippen LogP) is 1.94. The topological polar surface area (TPSA) is 18.5 Å². The smallest absolute Gasteiger partial charge is 0.341 e. The highest BCUT2D eigenvalue weighted by Crippen LogP contribution is 2.25. The highest BCUT2D eigenvalue weighted by Gasteiger charge is 1.99. The van der Waals surface area contributed by atoms with Crippen LogP contribution in [-0.4, -0.2) is 17.1 Å². The molecule has 0 amide bonds. The van der Waals surface area contributed by atoms with Crippen molar-refractivity contribution in [1.82, 2.24) is 0 Å². The summed E-state index contributed by atoms with van der Waals surface area (Å²) in [4.78, 5) is 0. The van der Waals surface area contributed by atoms with E-state index in [1.165, 1.54) is 0 Å². The van der Waals surface area contributed by atoms with Crippen molar-refractivity contribution in [1.29, 1.82) is 0 Å². The summed E-state index contributed by atoms with van der Waals surface area (Å²) in [5.74, 6) is 1.48. The third kappa shape index (κ3) is 2.27. The van der Waals surface area contributed by atoms with Crippen LogP contribution in [0.2, 0.25) is 0 Å². The molecule has 1 aromatic carbocycles. The molecule has 0 aromatic heterocycles. The summed E-state index contributed by atoms with van der Waals surface area (Å²) < 4.78 is 10.3. The molecule has 0 aliphatic heterocycles. The number of rotatable bonds is 4. The van der Waals surface area contributed by atoms with E-state index in [9.17, 15) is 0 Å². The van der Waals surface area contributed by atoms with E-state index in [0.29, 0.717) is 12.4 Å². The molecule has 3 radical (unpaired) electrons. The Morgan fingerprint density at radius 2 is 1.92 bits per heavy atom. The van der Waals surface area contributed by atoms with Crippen LogP contribution >= 0.6 is 0 Å². The lowest BCUT2D eigenvalue weighted by Gasteiger charge is -2.08. The fourth-order valence-electron chi connectivity index (χ4n) is 0.866. The zero-order chi connectivity index (χ0) is 8.81. The number of hydrogen-bond donors (Lipinski definition) is 0. The lowest BCUT2D eigenvalue weighted by Crippen LogP contribution is -1.97. The fourth-order valence-corrected chi connectivity index (χ4v) is 1.03. The van der Waals surface area contributed by atoms with E-state index in [4.69, 9.17) is 9.16 Å². The first kappa shape index (κ1) is 9.13. The first-order chi connectivity index (χ1) is 5.88. The minimum Gasteiger partial charge on any atom is -0.538 e. The summed E-state index contributed by atoms with van der Waals surface area (Å²) in [6.45, 7) is 2.78. The Hall–Kier alpha value is -0.963. The maximum Gasteiger partial charge on any atom is 0.341 e. The van der Waals surface area contributed by atoms with Gasteiger partial charge in [0.2, 0.25) is 0 Å². The van der Waals surface area contributed by atoms with Crippen LogP contribution in [0.5, 0.6) is 11.5 Å².